The van der Waals surface area contributed by atoms with Crippen LogP contribution in [0.5, 0.6) is 0 Å². The van der Waals surface area contributed by atoms with E-state index >= 15 is 0 Å². The van der Waals surface area contributed by atoms with Gasteiger partial charge in [0.2, 0.25) is 0 Å². The second-order valence-corrected chi connectivity index (χ2v) is 6.36. The third-order valence-corrected chi connectivity index (χ3v) is 4.48. The molecule has 0 aliphatic carbocycles. The quantitative estimate of drug-likeness (QED) is 0.936. The number of benzene rings is 1. The molecule has 0 fully saturated rings. The fraction of sp³-hybridized carbons (Fsp3) is 0.231. The van der Waals surface area contributed by atoms with Gasteiger partial charge in [-0.1, -0.05) is 11.6 Å². The molecule has 1 N–H and O–H groups in total. The van der Waals surface area contributed by atoms with Crippen molar-refractivity contribution in [3.05, 3.63) is 40.8 Å². The average molecular weight is 325 g/mol. The van der Waals surface area contributed by atoms with Gasteiger partial charge in [0.25, 0.3) is 10.0 Å². The first kappa shape index (κ1) is 15.4. The number of hydrogen-bond acceptors (Lipinski definition) is 4. The SMILES string of the molecule is CCn1cc(S(=O)(=O)Nc2cc(C#N)ccc2Cl)nc1C. The molecule has 0 aliphatic rings. The van der Waals surface area contributed by atoms with Crippen molar-refractivity contribution in [1.29, 1.82) is 5.26 Å². The molecule has 110 valence electrons. The van der Waals surface area contributed by atoms with Crippen LogP contribution in [0.4, 0.5) is 5.69 Å². The number of nitrogens with zero attached hydrogens (tertiary/aromatic N) is 3. The fourth-order valence-electron chi connectivity index (χ4n) is 1.80. The van der Waals surface area contributed by atoms with Crippen LogP contribution in [0.15, 0.2) is 29.4 Å². The van der Waals surface area contributed by atoms with Crippen LogP contribution in [-0.4, -0.2) is 18.0 Å². The predicted molar refractivity (Wildman–Crippen MR) is 79.6 cm³/mol. The molecule has 8 heteroatoms. The minimum atomic E-state index is -3.85. The van der Waals surface area contributed by atoms with Crippen LogP contribution in [-0.2, 0) is 16.6 Å². The topological polar surface area (TPSA) is 87.8 Å². The highest BCUT2D eigenvalue weighted by Gasteiger charge is 2.20. The van der Waals surface area contributed by atoms with Crippen LogP contribution in [0.25, 0.3) is 0 Å². The molecule has 2 aromatic rings. The average Bonchev–Trinajstić information content (AvgIpc) is 2.83. The van der Waals surface area contributed by atoms with Crippen LogP contribution >= 0.6 is 11.6 Å². The smallest absolute Gasteiger partial charge is 0.281 e. The Balaban J connectivity index is 2.39. The zero-order chi connectivity index (χ0) is 15.6. The number of nitrogens with one attached hydrogen (secondary N) is 1. The third kappa shape index (κ3) is 3.17. The van der Waals surface area contributed by atoms with Crippen molar-refractivity contribution in [2.75, 3.05) is 4.72 Å². The molecular formula is C13H13ClN4O2S. The molecule has 1 aromatic heterocycles. The number of rotatable bonds is 4. The number of imidazole rings is 1. The molecular weight excluding hydrogens is 312 g/mol. The summed E-state index contributed by atoms with van der Waals surface area (Å²) in [5, 5.41) is 8.98. The van der Waals surface area contributed by atoms with Crippen molar-refractivity contribution in [2.24, 2.45) is 0 Å². The Kier molecular flexibility index (Phi) is 4.21. The van der Waals surface area contributed by atoms with Gasteiger partial charge in [-0.25, -0.2) is 4.98 Å². The second kappa shape index (κ2) is 5.76. The van der Waals surface area contributed by atoms with Gasteiger partial charge in [0, 0.05) is 12.7 Å². The molecule has 0 radical (unpaired) electrons. The summed E-state index contributed by atoms with van der Waals surface area (Å²) in [5.74, 6) is 0.606. The van der Waals surface area contributed by atoms with E-state index in [0.717, 1.165) is 0 Å². The molecule has 0 saturated heterocycles. The molecule has 0 saturated carbocycles. The van der Waals surface area contributed by atoms with Crippen LogP contribution in [0.1, 0.15) is 18.3 Å². The van der Waals surface area contributed by atoms with Crippen molar-refractivity contribution in [2.45, 2.75) is 25.4 Å². The molecule has 0 bridgehead atoms. The lowest BCUT2D eigenvalue weighted by Gasteiger charge is -2.07. The van der Waals surface area contributed by atoms with Gasteiger partial charge in [-0.05, 0) is 32.0 Å². The number of aromatic nitrogens is 2. The fourth-order valence-corrected chi connectivity index (χ4v) is 3.10. The molecule has 6 nitrogen and oxygen atoms in total. The first-order valence-corrected chi connectivity index (χ1v) is 7.99. The Morgan fingerprint density at radius 3 is 2.76 bits per heavy atom. The molecule has 21 heavy (non-hydrogen) atoms. The van der Waals surface area contributed by atoms with Gasteiger partial charge in [-0.2, -0.15) is 13.7 Å². The normalized spacial score (nSPS) is 11.1. The number of halogens is 1. The highest BCUT2D eigenvalue weighted by molar-refractivity contribution is 7.92. The molecule has 1 heterocycles. The highest BCUT2D eigenvalue weighted by Crippen LogP contribution is 2.25. The van der Waals surface area contributed by atoms with Crippen molar-refractivity contribution in [3.63, 3.8) is 0 Å². The molecule has 0 unspecified atom stereocenters. The Morgan fingerprint density at radius 2 is 2.19 bits per heavy atom. The Bertz CT molecular complexity index is 821. The lowest BCUT2D eigenvalue weighted by atomic mass is 10.2. The maximum Gasteiger partial charge on any atom is 0.281 e. The summed E-state index contributed by atoms with van der Waals surface area (Å²) in [7, 11) is -3.85. The third-order valence-electron chi connectivity index (χ3n) is 2.91. The number of hydrogen-bond donors (Lipinski definition) is 1. The standard InChI is InChI=1S/C13H13ClN4O2S/c1-3-18-8-13(16-9(18)2)21(19,20)17-12-6-10(7-15)4-5-11(12)14/h4-6,8,17H,3H2,1-2H3. The van der Waals surface area contributed by atoms with Crippen LogP contribution in [0.2, 0.25) is 5.02 Å². The Labute approximate surface area is 128 Å². The Hall–Kier alpha value is -2.04. The van der Waals surface area contributed by atoms with E-state index in [1.807, 2.05) is 13.0 Å². The van der Waals surface area contributed by atoms with E-state index in [1.165, 1.54) is 24.4 Å². The van der Waals surface area contributed by atoms with E-state index in [4.69, 9.17) is 16.9 Å². The van der Waals surface area contributed by atoms with Crippen LogP contribution in [0.3, 0.4) is 0 Å². The van der Waals surface area contributed by atoms with E-state index in [-0.39, 0.29) is 15.7 Å². The Morgan fingerprint density at radius 1 is 1.48 bits per heavy atom. The van der Waals surface area contributed by atoms with Crippen molar-refractivity contribution in [3.8, 4) is 6.07 Å². The summed E-state index contributed by atoms with van der Waals surface area (Å²) in [4.78, 5) is 4.03. The van der Waals surface area contributed by atoms with Gasteiger partial charge < -0.3 is 4.57 Å². The molecule has 2 rings (SSSR count). The van der Waals surface area contributed by atoms with Gasteiger partial charge in [0.15, 0.2) is 5.03 Å². The summed E-state index contributed by atoms with van der Waals surface area (Å²) in [5.41, 5.74) is 0.465. The second-order valence-electron chi connectivity index (χ2n) is 4.32. The van der Waals surface area contributed by atoms with E-state index in [9.17, 15) is 8.42 Å². The lowest BCUT2D eigenvalue weighted by molar-refractivity contribution is 0.598. The number of nitriles is 1. The summed E-state index contributed by atoms with van der Waals surface area (Å²) in [6.07, 6.45) is 1.46. The van der Waals surface area contributed by atoms with Crippen LogP contribution in [0, 0.1) is 18.3 Å². The summed E-state index contributed by atoms with van der Waals surface area (Å²) in [6.45, 7) is 4.25. The van der Waals surface area contributed by atoms with E-state index in [2.05, 4.69) is 9.71 Å². The first-order valence-electron chi connectivity index (χ1n) is 6.13. The van der Waals surface area contributed by atoms with E-state index in [0.29, 0.717) is 17.9 Å². The van der Waals surface area contributed by atoms with Crippen LogP contribution < -0.4 is 4.72 Å². The minimum Gasteiger partial charge on any atom is -0.334 e. The maximum atomic E-state index is 12.3. The van der Waals surface area contributed by atoms with Gasteiger partial charge in [-0.3, -0.25) is 4.72 Å². The van der Waals surface area contributed by atoms with E-state index < -0.39 is 10.0 Å². The first-order chi connectivity index (χ1) is 9.87. The summed E-state index contributed by atoms with van der Waals surface area (Å²) < 4.78 is 28.7. The number of sulfonamides is 1. The van der Waals surface area contributed by atoms with Gasteiger partial charge in [0.1, 0.15) is 5.82 Å². The highest BCUT2D eigenvalue weighted by atomic mass is 35.5. The molecule has 0 spiro atoms. The predicted octanol–water partition coefficient (Wildman–Crippen LogP) is 2.54. The molecule has 1 aromatic carbocycles. The van der Waals surface area contributed by atoms with Crippen molar-refractivity contribution < 1.29 is 8.42 Å². The van der Waals surface area contributed by atoms with Gasteiger partial charge in [-0.15, -0.1) is 0 Å². The van der Waals surface area contributed by atoms with Gasteiger partial charge in [0.05, 0.1) is 22.3 Å². The zero-order valence-corrected chi connectivity index (χ0v) is 13.0. The largest absolute Gasteiger partial charge is 0.334 e. The number of aryl methyl sites for hydroxylation is 2. The minimum absolute atomic E-state index is 0.0831. The maximum absolute atomic E-state index is 12.3. The zero-order valence-electron chi connectivity index (χ0n) is 11.5. The lowest BCUT2D eigenvalue weighted by Crippen LogP contribution is -2.14. The van der Waals surface area contributed by atoms with Crippen molar-refractivity contribution in [1.82, 2.24) is 9.55 Å². The molecule has 0 amide bonds. The monoisotopic (exact) mass is 324 g/mol. The summed E-state index contributed by atoms with van der Waals surface area (Å²) >= 11 is 5.95. The van der Waals surface area contributed by atoms with E-state index in [1.54, 1.807) is 11.5 Å². The summed E-state index contributed by atoms with van der Waals surface area (Å²) in [6, 6.07) is 6.28. The van der Waals surface area contributed by atoms with Gasteiger partial charge >= 0.3 is 0 Å². The number of anilines is 1. The van der Waals surface area contributed by atoms with Crippen molar-refractivity contribution >= 4 is 27.3 Å². The molecule has 0 aliphatic heterocycles. The molecule has 0 atom stereocenters.